The van der Waals surface area contributed by atoms with Gasteiger partial charge in [-0.2, -0.15) is 10.2 Å². The van der Waals surface area contributed by atoms with Gasteiger partial charge < -0.3 is 0 Å². The zero-order valence-corrected chi connectivity index (χ0v) is 16.5. The SMILES string of the molecule is O=[N+]([O-])c1ccc(N/N=C\c2cn(-c3ccc([N+](=O)[O-])cc3)nc2-c2ccccc2)cc1. The van der Waals surface area contributed by atoms with Crippen molar-refractivity contribution in [2.45, 2.75) is 0 Å². The number of nitro groups is 2. The summed E-state index contributed by atoms with van der Waals surface area (Å²) in [6, 6.07) is 21.5. The van der Waals surface area contributed by atoms with Gasteiger partial charge in [-0.05, 0) is 24.3 Å². The smallest absolute Gasteiger partial charge is 0.269 e. The summed E-state index contributed by atoms with van der Waals surface area (Å²) in [6.45, 7) is 0. The Labute approximate surface area is 181 Å². The first-order chi connectivity index (χ1) is 15.5. The Bertz CT molecular complexity index is 1280. The molecule has 3 aromatic carbocycles. The summed E-state index contributed by atoms with van der Waals surface area (Å²) in [6.07, 6.45) is 3.36. The molecule has 0 radical (unpaired) electrons. The minimum atomic E-state index is -0.466. The monoisotopic (exact) mass is 428 g/mol. The van der Waals surface area contributed by atoms with Crippen molar-refractivity contribution < 1.29 is 9.85 Å². The molecule has 1 heterocycles. The quantitative estimate of drug-likeness (QED) is 0.256. The number of anilines is 1. The van der Waals surface area contributed by atoms with Gasteiger partial charge in [-0.15, -0.1) is 0 Å². The maximum Gasteiger partial charge on any atom is 0.269 e. The van der Waals surface area contributed by atoms with Crippen LogP contribution in [0.25, 0.3) is 16.9 Å². The number of hydrogen-bond donors (Lipinski definition) is 1. The number of aromatic nitrogens is 2. The van der Waals surface area contributed by atoms with E-state index in [1.54, 1.807) is 41.4 Å². The lowest BCUT2D eigenvalue weighted by Crippen LogP contribution is -1.95. The van der Waals surface area contributed by atoms with Crippen LogP contribution in [0.3, 0.4) is 0 Å². The van der Waals surface area contributed by atoms with E-state index in [0.717, 1.165) is 5.56 Å². The van der Waals surface area contributed by atoms with Gasteiger partial charge in [0.1, 0.15) is 5.69 Å². The van der Waals surface area contributed by atoms with Crippen LogP contribution in [0.4, 0.5) is 17.1 Å². The average molecular weight is 428 g/mol. The molecule has 0 aliphatic rings. The van der Waals surface area contributed by atoms with Crippen LogP contribution in [0, 0.1) is 20.2 Å². The molecule has 0 aliphatic heterocycles. The molecule has 0 spiro atoms. The molecule has 0 atom stereocenters. The molecule has 1 aromatic heterocycles. The maximum atomic E-state index is 10.9. The van der Waals surface area contributed by atoms with Gasteiger partial charge in [0.2, 0.25) is 0 Å². The zero-order chi connectivity index (χ0) is 22.5. The van der Waals surface area contributed by atoms with Crippen molar-refractivity contribution in [1.29, 1.82) is 0 Å². The van der Waals surface area contributed by atoms with E-state index in [-0.39, 0.29) is 11.4 Å². The number of benzene rings is 3. The number of nitro benzene ring substituents is 2. The minimum Gasteiger partial charge on any atom is -0.278 e. The van der Waals surface area contributed by atoms with Crippen LogP contribution in [0.1, 0.15) is 5.56 Å². The number of rotatable bonds is 7. The van der Waals surface area contributed by atoms with Gasteiger partial charge in [-0.1, -0.05) is 30.3 Å². The molecule has 4 aromatic rings. The lowest BCUT2D eigenvalue weighted by molar-refractivity contribution is -0.385. The van der Waals surface area contributed by atoms with Gasteiger partial charge in [0.05, 0.1) is 27.4 Å². The van der Waals surface area contributed by atoms with E-state index in [1.807, 2.05) is 30.3 Å². The highest BCUT2D eigenvalue weighted by Crippen LogP contribution is 2.23. The highest BCUT2D eigenvalue weighted by atomic mass is 16.6. The Morgan fingerprint density at radius 2 is 1.44 bits per heavy atom. The highest BCUT2D eigenvalue weighted by molar-refractivity contribution is 5.89. The lowest BCUT2D eigenvalue weighted by Gasteiger charge is -2.01. The Kier molecular flexibility index (Phi) is 5.66. The molecule has 0 fully saturated rings. The Balaban J connectivity index is 1.63. The summed E-state index contributed by atoms with van der Waals surface area (Å²) in [4.78, 5) is 20.8. The van der Waals surface area contributed by atoms with E-state index < -0.39 is 9.85 Å². The molecule has 0 saturated heterocycles. The fourth-order valence-electron chi connectivity index (χ4n) is 3.00. The van der Waals surface area contributed by atoms with Gasteiger partial charge >= 0.3 is 0 Å². The van der Waals surface area contributed by atoms with E-state index in [1.165, 1.54) is 24.3 Å². The second-order valence-electron chi connectivity index (χ2n) is 6.69. The van der Waals surface area contributed by atoms with Crippen molar-refractivity contribution in [3.63, 3.8) is 0 Å². The normalized spacial score (nSPS) is 10.9. The number of hydrogen-bond acceptors (Lipinski definition) is 7. The molecule has 32 heavy (non-hydrogen) atoms. The van der Waals surface area contributed by atoms with Crippen molar-refractivity contribution in [1.82, 2.24) is 9.78 Å². The van der Waals surface area contributed by atoms with Crippen molar-refractivity contribution in [2.75, 3.05) is 5.43 Å². The summed E-state index contributed by atoms with van der Waals surface area (Å²) in [5.41, 5.74) is 6.36. The largest absolute Gasteiger partial charge is 0.278 e. The van der Waals surface area contributed by atoms with E-state index >= 15 is 0 Å². The molecule has 10 heteroatoms. The predicted octanol–water partition coefficient (Wildman–Crippen LogP) is 4.80. The van der Waals surface area contributed by atoms with Crippen molar-refractivity contribution in [2.24, 2.45) is 5.10 Å². The van der Waals surface area contributed by atoms with Gasteiger partial charge in [0.25, 0.3) is 11.4 Å². The Hall–Kier alpha value is -4.86. The van der Waals surface area contributed by atoms with E-state index in [4.69, 9.17) is 0 Å². The standard InChI is InChI=1S/C22H16N6O4/c29-27(30)20-8-6-18(7-9-20)24-23-14-17-15-26(19-10-12-21(13-11-19)28(31)32)25-22(17)16-4-2-1-3-5-16/h1-15,24H/b23-14-. The molecular weight excluding hydrogens is 412 g/mol. The third-order valence-electron chi connectivity index (χ3n) is 4.59. The average Bonchev–Trinajstić information content (AvgIpc) is 3.24. The molecule has 0 saturated carbocycles. The second kappa shape index (κ2) is 8.88. The van der Waals surface area contributed by atoms with Gasteiger partial charge in [0, 0.05) is 41.6 Å². The van der Waals surface area contributed by atoms with Crippen LogP contribution in [0.5, 0.6) is 0 Å². The third kappa shape index (κ3) is 4.49. The van der Waals surface area contributed by atoms with Crippen LogP contribution < -0.4 is 5.43 Å². The fourth-order valence-corrected chi connectivity index (χ4v) is 3.00. The molecule has 0 amide bonds. The summed E-state index contributed by atoms with van der Waals surface area (Å²) in [7, 11) is 0. The molecule has 4 rings (SSSR count). The molecule has 0 bridgehead atoms. The fraction of sp³-hybridized carbons (Fsp3) is 0. The highest BCUT2D eigenvalue weighted by Gasteiger charge is 2.12. The van der Waals surface area contributed by atoms with Crippen LogP contribution in [-0.2, 0) is 0 Å². The molecule has 158 valence electrons. The molecule has 0 unspecified atom stereocenters. The summed E-state index contributed by atoms with van der Waals surface area (Å²) in [5.74, 6) is 0. The Morgan fingerprint density at radius 1 is 0.844 bits per heavy atom. The van der Waals surface area contributed by atoms with Gasteiger partial charge in [-0.3, -0.25) is 25.7 Å². The first-order valence-corrected chi connectivity index (χ1v) is 9.45. The summed E-state index contributed by atoms with van der Waals surface area (Å²) in [5, 5.41) is 30.5. The number of nitrogens with one attached hydrogen (secondary N) is 1. The molecular formula is C22H16N6O4. The topological polar surface area (TPSA) is 128 Å². The zero-order valence-electron chi connectivity index (χ0n) is 16.5. The van der Waals surface area contributed by atoms with Crippen LogP contribution in [-0.4, -0.2) is 25.8 Å². The van der Waals surface area contributed by atoms with E-state index in [0.29, 0.717) is 22.6 Å². The molecule has 1 N–H and O–H groups in total. The van der Waals surface area contributed by atoms with Crippen molar-refractivity contribution in [3.05, 3.63) is 111 Å². The first-order valence-electron chi connectivity index (χ1n) is 9.45. The number of nitrogens with zero attached hydrogens (tertiary/aromatic N) is 5. The Morgan fingerprint density at radius 3 is 2.03 bits per heavy atom. The third-order valence-corrected chi connectivity index (χ3v) is 4.59. The van der Waals surface area contributed by atoms with Crippen molar-refractivity contribution in [3.8, 4) is 16.9 Å². The van der Waals surface area contributed by atoms with Crippen LogP contribution in [0.2, 0.25) is 0 Å². The van der Waals surface area contributed by atoms with E-state index in [9.17, 15) is 20.2 Å². The number of non-ortho nitro benzene ring substituents is 2. The molecule has 0 aliphatic carbocycles. The lowest BCUT2D eigenvalue weighted by atomic mass is 10.1. The second-order valence-corrected chi connectivity index (χ2v) is 6.69. The summed E-state index contributed by atoms with van der Waals surface area (Å²) < 4.78 is 1.62. The predicted molar refractivity (Wildman–Crippen MR) is 120 cm³/mol. The summed E-state index contributed by atoms with van der Waals surface area (Å²) >= 11 is 0. The van der Waals surface area contributed by atoms with Crippen molar-refractivity contribution >= 4 is 23.3 Å². The minimum absolute atomic E-state index is 0.00160. The van der Waals surface area contributed by atoms with E-state index in [2.05, 4.69) is 15.6 Å². The van der Waals surface area contributed by atoms with Crippen LogP contribution >= 0.6 is 0 Å². The maximum absolute atomic E-state index is 10.9. The van der Waals surface area contributed by atoms with Gasteiger partial charge in [0.15, 0.2) is 0 Å². The molecule has 10 nitrogen and oxygen atoms in total. The first kappa shape index (κ1) is 20.4. The van der Waals surface area contributed by atoms with Gasteiger partial charge in [-0.25, -0.2) is 4.68 Å². The van der Waals surface area contributed by atoms with Crippen LogP contribution in [0.15, 0.2) is 90.2 Å². The number of hydrazone groups is 1.